The molecule has 2 rings (SSSR count). The van der Waals surface area contributed by atoms with Crippen molar-refractivity contribution >= 4 is 21.6 Å². The van der Waals surface area contributed by atoms with Gasteiger partial charge >= 0.3 is 0 Å². The second-order valence-electron chi connectivity index (χ2n) is 5.29. The molecule has 0 saturated heterocycles. The summed E-state index contributed by atoms with van der Waals surface area (Å²) in [5.41, 5.74) is 1.12. The van der Waals surface area contributed by atoms with E-state index < -0.39 is 10.0 Å². The van der Waals surface area contributed by atoms with E-state index in [9.17, 15) is 13.2 Å². The number of nitrogens with one attached hydrogen (secondary N) is 3. The molecule has 0 unspecified atom stereocenters. The minimum atomic E-state index is -3.57. The normalized spacial score (nSPS) is 15.0. The fourth-order valence-corrected chi connectivity index (χ4v) is 3.30. The third-order valence-corrected chi connectivity index (χ3v) is 4.83. The molecule has 1 aliphatic rings. The smallest absolute Gasteiger partial charge is 0.240 e. The molecular formula is C14H21N3O3S. The Bertz CT molecular complexity index is 624. The number of hydrogen-bond acceptors (Lipinski definition) is 4. The molecule has 0 heterocycles. The third kappa shape index (κ3) is 4.80. The van der Waals surface area contributed by atoms with Crippen LogP contribution in [0.2, 0.25) is 0 Å². The number of amides is 1. The Morgan fingerprint density at radius 3 is 2.62 bits per heavy atom. The van der Waals surface area contributed by atoms with Gasteiger partial charge in [0.1, 0.15) is 0 Å². The molecule has 21 heavy (non-hydrogen) atoms. The van der Waals surface area contributed by atoms with Crippen LogP contribution < -0.4 is 15.4 Å². The van der Waals surface area contributed by atoms with Gasteiger partial charge < -0.3 is 10.6 Å². The van der Waals surface area contributed by atoms with Gasteiger partial charge in [-0.25, -0.2) is 13.1 Å². The van der Waals surface area contributed by atoms with Crippen LogP contribution in [0.25, 0.3) is 0 Å². The van der Waals surface area contributed by atoms with E-state index in [1.165, 1.54) is 25.8 Å². The lowest BCUT2D eigenvalue weighted by atomic mass is 10.2. The predicted molar refractivity (Wildman–Crippen MR) is 81.7 cm³/mol. The Kier molecular flexibility index (Phi) is 4.97. The largest absolute Gasteiger partial charge is 0.326 e. The highest BCUT2D eigenvalue weighted by Gasteiger charge is 2.21. The van der Waals surface area contributed by atoms with Gasteiger partial charge in [0, 0.05) is 31.7 Å². The van der Waals surface area contributed by atoms with E-state index in [1.54, 1.807) is 19.1 Å². The second-order valence-corrected chi connectivity index (χ2v) is 7.02. The molecule has 1 fully saturated rings. The number of rotatable bonds is 7. The molecule has 1 aromatic rings. The average molecular weight is 311 g/mol. The van der Waals surface area contributed by atoms with Crippen molar-refractivity contribution in [3.8, 4) is 0 Å². The van der Waals surface area contributed by atoms with Gasteiger partial charge in [0.05, 0.1) is 4.90 Å². The molecule has 0 aliphatic heterocycles. The molecule has 1 saturated carbocycles. The lowest BCUT2D eigenvalue weighted by Crippen LogP contribution is -2.33. The van der Waals surface area contributed by atoms with Crippen molar-refractivity contribution in [3.63, 3.8) is 0 Å². The highest BCUT2D eigenvalue weighted by Crippen LogP contribution is 2.20. The zero-order valence-corrected chi connectivity index (χ0v) is 13.1. The first-order valence-corrected chi connectivity index (χ1v) is 8.48. The summed E-state index contributed by atoms with van der Waals surface area (Å²) in [4.78, 5) is 11.2. The molecule has 6 nitrogen and oxygen atoms in total. The van der Waals surface area contributed by atoms with Crippen LogP contribution in [-0.2, 0) is 14.8 Å². The third-order valence-electron chi connectivity index (χ3n) is 3.23. The van der Waals surface area contributed by atoms with Gasteiger partial charge in [-0.1, -0.05) is 6.07 Å². The Labute approximate surface area is 125 Å². The number of carbonyl (C=O) groups excluding carboxylic acids is 1. The van der Waals surface area contributed by atoms with Crippen molar-refractivity contribution in [2.24, 2.45) is 0 Å². The lowest BCUT2D eigenvalue weighted by molar-refractivity contribution is -0.114. The van der Waals surface area contributed by atoms with Crippen LogP contribution in [0, 0.1) is 6.92 Å². The quantitative estimate of drug-likeness (QED) is 0.655. The Hall–Kier alpha value is -1.44. The molecule has 0 bridgehead atoms. The molecule has 1 amide bonds. The van der Waals surface area contributed by atoms with Crippen LogP contribution >= 0.6 is 0 Å². The van der Waals surface area contributed by atoms with Crippen molar-refractivity contribution in [1.29, 1.82) is 0 Å². The summed E-state index contributed by atoms with van der Waals surface area (Å²) in [6.45, 7) is 4.08. The molecule has 1 aliphatic carbocycles. The van der Waals surface area contributed by atoms with Gasteiger partial charge in [0.25, 0.3) is 0 Å². The van der Waals surface area contributed by atoms with Crippen molar-refractivity contribution in [2.75, 3.05) is 18.4 Å². The number of sulfonamides is 1. The Morgan fingerprint density at radius 2 is 2.00 bits per heavy atom. The maximum atomic E-state index is 12.3. The van der Waals surface area contributed by atoms with Crippen molar-refractivity contribution < 1.29 is 13.2 Å². The standard InChI is InChI=1S/C14H21N3O3S/c1-10-3-4-13(17-11(2)18)9-14(10)21(19,20)16-8-7-15-12-5-6-12/h3-4,9,12,15-16H,5-8H2,1-2H3,(H,17,18). The first-order valence-electron chi connectivity index (χ1n) is 7.00. The van der Waals surface area contributed by atoms with Crippen LogP contribution in [0.4, 0.5) is 5.69 Å². The molecule has 0 atom stereocenters. The molecule has 1 aromatic carbocycles. The molecular weight excluding hydrogens is 290 g/mol. The highest BCUT2D eigenvalue weighted by atomic mass is 32.2. The van der Waals surface area contributed by atoms with Crippen molar-refractivity contribution in [2.45, 2.75) is 37.6 Å². The van der Waals surface area contributed by atoms with Gasteiger partial charge in [-0.05, 0) is 37.5 Å². The summed E-state index contributed by atoms with van der Waals surface area (Å²) in [5, 5.41) is 5.84. The SMILES string of the molecule is CC(=O)Nc1ccc(C)c(S(=O)(=O)NCCNC2CC2)c1. The van der Waals surface area contributed by atoms with Crippen LogP contribution in [-0.4, -0.2) is 33.5 Å². The zero-order chi connectivity index (χ0) is 15.5. The summed E-state index contributed by atoms with van der Waals surface area (Å²) in [6.07, 6.45) is 2.34. The van der Waals surface area contributed by atoms with E-state index in [1.807, 2.05) is 0 Å². The fourth-order valence-electron chi connectivity index (χ4n) is 2.00. The first-order chi connectivity index (χ1) is 9.88. The van der Waals surface area contributed by atoms with Gasteiger partial charge in [0.15, 0.2) is 0 Å². The minimum Gasteiger partial charge on any atom is -0.326 e. The molecule has 116 valence electrons. The van der Waals surface area contributed by atoms with Crippen LogP contribution in [0.5, 0.6) is 0 Å². The van der Waals surface area contributed by atoms with Crippen LogP contribution in [0.15, 0.2) is 23.1 Å². The molecule has 0 spiro atoms. The molecule has 0 radical (unpaired) electrons. The summed E-state index contributed by atoms with van der Waals surface area (Å²) >= 11 is 0. The molecule has 7 heteroatoms. The minimum absolute atomic E-state index is 0.195. The van der Waals surface area contributed by atoms with E-state index in [0.717, 1.165) is 0 Å². The fraction of sp³-hybridized carbons (Fsp3) is 0.500. The predicted octanol–water partition coefficient (Wildman–Crippen LogP) is 0.984. The van der Waals surface area contributed by atoms with Crippen molar-refractivity contribution in [1.82, 2.24) is 10.0 Å². The Morgan fingerprint density at radius 1 is 1.29 bits per heavy atom. The monoisotopic (exact) mass is 311 g/mol. The second kappa shape index (κ2) is 6.55. The number of benzene rings is 1. The van der Waals surface area contributed by atoms with E-state index in [0.29, 0.717) is 30.4 Å². The van der Waals surface area contributed by atoms with Gasteiger partial charge in [0.2, 0.25) is 15.9 Å². The summed E-state index contributed by atoms with van der Waals surface area (Å²) in [7, 11) is -3.57. The summed E-state index contributed by atoms with van der Waals surface area (Å²) < 4.78 is 27.2. The van der Waals surface area contributed by atoms with Gasteiger partial charge in [-0.3, -0.25) is 4.79 Å². The first kappa shape index (κ1) is 15.9. The zero-order valence-electron chi connectivity index (χ0n) is 12.3. The maximum absolute atomic E-state index is 12.3. The number of anilines is 1. The molecule has 0 aromatic heterocycles. The van der Waals surface area contributed by atoms with E-state index >= 15 is 0 Å². The van der Waals surface area contributed by atoms with Crippen LogP contribution in [0.1, 0.15) is 25.3 Å². The lowest BCUT2D eigenvalue weighted by Gasteiger charge is -2.11. The molecule has 3 N–H and O–H groups in total. The Balaban J connectivity index is 2.04. The van der Waals surface area contributed by atoms with Gasteiger partial charge in [-0.2, -0.15) is 0 Å². The van der Waals surface area contributed by atoms with E-state index in [2.05, 4.69) is 15.4 Å². The van der Waals surface area contributed by atoms with Crippen molar-refractivity contribution in [3.05, 3.63) is 23.8 Å². The number of carbonyl (C=O) groups is 1. The summed E-state index contributed by atoms with van der Waals surface area (Å²) in [6, 6.07) is 5.40. The van der Waals surface area contributed by atoms with E-state index in [4.69, 9.17) is 0 Å². The average Bonchev–Trinajstić information content (AvgIpc) is 3.20. The maximum Gasteiger partial charge on any atom is 0.240 e. The van der Waals surface area contributed by atoms with Gasteiger partial charge in [-0.15, -0.1) is 0 Å². The van der Waals surface area contributed by atoms with E-state index in [-0.39, 0.29) is 10.8 Å². The topological polar surface area (TPSA) is 87.3 Å². The highest BCUT2D eigenvalue weighted by molar-refractivity contribution is 7.89. The number of hydrogen-bond donors (Lipinski definition) is 3. The number of aryl methyl sites for hydroxylation is 1. The van der Waals surface area contributed by atoms with Crippen LogP contribution in [0.3, 0.4) is 0 Å². The summed E-state index contributed by atoms with van der Waals surface area (Å²) in [5.74, 6) is -0.233.